The van der Waals surface area contributed by atoms with Crippen LogP contribution in [0.1, 0.15) is 10.5 Å². The molecule has 0 aliphatic heterocycles. The van der Waals surface area contributed by atoms with Gasteiger partial charge in [-0.25, -0.2) is 4.98 Å². The lowest BCUT2D eigenvalue weighted by Gasteiger charge is -2.07. The van der Waals surface area contributed by atoms with Gasteiger partial charge in [0.2, 0.25) is 0 Å². The molecule has 1 heterocycles. The molecule has 0 aliphatic carbocycles. The van der Waals surface area contributed by atoms with E-state index in [0.717, 1.165) is 4.47 Å². The average molecular weight is 327 g/mol. The minimum Gasteiger partial charge on any atom is -0.399 e. The van der Waals surface area contributed by atoms with E-state index in [-0.39, 0.29) is 5.91 Å². The van der Waals surface area contributed by atoms with Crippen LogP contribution in [0.2, 0.25) is 5.02 Å². The standard InChI is InChI=1S/C12H9BrClN3O/c13-7-1-3-11(16-6-7)12(18)17-10-4-2-8(15)5-9(10)14/h1-6H,15H2,(H,17,18). The second-order valence-corrected chi connectivity index (χ2v) is 4.88. The molecule has 2 rings (SSSR count). The first-order chi connectivity index (χ1) is 8.56. The summed E-state index contributed by atoms with van der Waals surface area (Å²) < 4.78 is 0.810. The Morgan fingerprint density at radius 3 is 2.72 bits per heavy atom. The van der Waals surface area contributed by atoms with Gasteiger partial charge in [-0.2, -0.15) is 0 Å². The third-order valence-electron chi connectivity index (χ3n) is 2.20. The number of rotatable bonds is 2. The number of nitrogen functional groups attached to an aromatic ring is 1. The Balaban J connectivity index is 2.18. The van der Waals surface area contributed by atoms with Crippen LogP contribution in [0.25, 0.3) is 0 Å². The summed E-state index contributed by atoms with van der Waals surface area (Å²) in [5.41, 5.74) is 6.92. The molecule has 0 radical (unpaired) electrons. The highest BCUT2D eigenvalue weighted by Crippen LogP contribution is 2.24. The minimum atomic E-state index is -0.325. The highest BCUT2D eigenvalue weighted by Gasteiger charge is 2.09. The number of carbonyl (C=O) groups excluding carboxylic acids is 1. The predicted octanol–water partition coefficient (Wildman–Crippen LogP) is 3.33. The quantitative estimate of drug-likeness (QED) is 0.832. The summed E-state index contributed by atoms with van der Waals surface area (Å²) in [4.78, 5) is 15.9. The molecule has 1 aromatic carbocycles. The van der Waals surface area contributed by atoms with E-state index in [1.54, 1.807) is 36.5 Å². The number of nitrogens with one attached hydrogen (secondary N) is 1. The van der Waals surface area contributed by atoms with Crippen LogP contribution in [0.5, 0.6) is 0 Å². The summed E-state index contributed by atoms with van der Waals surface area (Å²) in [6.45, 7) is 0. The van der Waals surface area contributed by atoms with Gasteiger partial charge in [-0.15, -0.1) is 0 Å². The SMILES string of the molecule is Nc1ccc(NC(=O)c2ccc(Br)cn2)c(Cl)c1. The number of nitrogens with two attached hydrogens (primary N) is 1. The van der Waals surface area contributed by atoms with Crippen molar-refractivity contribution >= 4 is 44.8 Å². The molecule has 0 atom stereocenters. The number of hydrogen-bond acceptors (Lipinski definition) is 3. The van der Waals surface area contributed by atoms with Gasteiger partial charge in [0, 0.05) is 16.4 Å². The van der Waals surface area contributed by atoms with Gasteiger partial charge >= 0.3 is 0 Å². The van der Waals surface area contributed by atoms with Crippen LogP contribution in [0.15, 0.2) is 41.0 Å². The summed E-state index contributed by atoms with van der Waals surface area (Å²) in [6, 6.07) is 8.24. The molecule has 0 saturated heterocycles. The third-order valence-corrected chi connectivity index (χ3v) is 2.98. The zero-order valence-electron chi connectivity index (χ0n) is 9.15. The van der Waals surface area contributed by atoms with Crippen molar-refractivity contribution in [2.75, 3.05) is 11.1 Å². The molecule has 0 spiro atoms. The average Bonchev–Trinajstić information content (AvgIpc) is 2.33. The van der Waals surface area contributed by atoms with Crippen LogP contribution < -0.4 is 11.1 Å². The fraction of sp³-hybridized carbons (Fsp3) is 0. The van der Waals surface area contributed by atoms with Gasteiger partial charge < -0.3 is 11.1 Å². The Bertz CT molecular complexity index is 586. The topological polar surface area (TPSA) is 68.0 Å². The van der Waals surface area contributed by atoms with Crippen molar-refractivity contribution in [1.29, 1.82) is 0 Å². The maximum atomic E-state index is 11.9. The first kappa shape index (κ1) is 12.9. The lowest BCUT2D eigenvalue weighted by atomic mass is 10.2. The van der Waals surface area contributed by atoms with Crippen LogP contribution >= 0.6 is 27.5 Å². The second kappa shape index (κ2) is 5.37. The first-order valence-electron chi connectivity index (χ1n) is 5.04. The molecule has 4 nitrogen and oxygen atoms in total. The molecular weight excluding hydrogens is 318 g/mol. The highest BCUT2D eigenvalue weighted by atomic mass is 79.9. The molecule has 0 aliphatic rings. The molecular formula is C12H9BrClN3O. The number of aromatic nitrogens is 1. The van der Waals surface area contributed by atoms with Gasteiger partial charge in [0.25, 0.3) is 5.91 Å². The van der Waals surface area contributed by atoms with E-state index in [1.165, 1.54) is 0 Å². The van der Waals surface area contributed by atoms with Gasteiger partial charge in [0.15, 0.2) is 0 Å². The normalized spacial score (nSPS) is 10.1. The summed E-state index contributed by atoms with van der Waals surface area (Å²) in [6.07, 6.45) is 1.56. The summed E-state index contributed by atoms with van der Waals surface area (Å²) in [7, 11) is 0. The zero-order valence-corrected chi connectivity index (χ0v) is 11.5. The number of anilines is 2. The van der Waals surface area contributed by atoms with Gasteiger partial charge in [0.1, 0.15) is 5.69 Å². The van der Waals surface area contributed by atoms with Crippen molar-refractivity contribution in [3.63, 3.8) is 0 Å². The van der Waals surface area contributed by atoms with Gasteiger partial charge in [-0.05, 0) is 46.3 Å². The van der Waals surface area contributed by atoms with E-state index in [4.69, 9.17) is 17.3 Å². The van der Waals surface area contributed by atoms with Crippen molar-refractivity contribution in [2.24, 2.45) is 0 Å². The van der Waals surface area contributed by atoms with Crippen molar-refractivity contribution < 1.29 is 4.79 Å². The fourth-order valence-corrected chi connectivity index (χ4v) is 1.80. The molecule has 0 fully saturated rings. The number of carbonyl (C=O) groups is 1. The summed E-state index contributed by atoms with van der Waals surface area (Å²) in [5.74, 6) is -0.325. The number of pyridine rings is 1. The molecule has 0 bridgehead atoms. The van der Waals surface area contributed by atoms with Gasteiger partial charge in [0.05, 0.1) is 10.7 Å². The Morgan fingerprint density at radius 1 is 1.33 bits per heavy atom. The maximum absolute atomic E-state index is 11.9. The molecule has 1 aromatic heterocycles. The van der Waals surface area contributed by atoms with Gasteiger partial charge in [-0.1, -0.05) is 11.6 Å². The van der Waals surface area contributed by atoms with Crippen molar-refractivity contribution in [3.8, 4) is 0 Å². The molecule has 6 heteroatoms. The molecule has 0 unspecified atom stereocenters. The molecule has 0 saturated carbocycles. The van der Waals surface area contributed by atoms with Crippen LogP contribution in [0.3, 0.4) is 0 Å². The fourth-order valence-electron chi connectivity index (χ4n) is 1.33. The first-order valence-corrected chi connectivity index (χ1v) is 6.21. The zero-order chi connectivity index (χ0) is 13.1. The van der Waals surface area contributed by atoms with Crippen LogP contribution in [-0.4, -0.2) is 10.9 Å². The molecule has 2 aromatic rings. The van der Waals surface area contributed by atoms with E-state index in [2.05, 4.69) is 26.2 Å². The Hall–Kier alpha value is -1.59. The number of nitrogens with zero attached hydrogens (tertiary/aromatic N) is 1. The number of hydrogen-bond donors (Lipinski definition) is 2. The van der Waals surface area contributed by atoms with E-state index < -0.39 is 0 Å². The molecule has 1 amide bonds. The van der Waals surface area contributed by atoms with Crippen molar-refractivity contribution in [3.05, 3.63) is 51.7 Å². The number of amides is 1. The number of halogens is 2. The monoisotopic (exact) mass is 325 g/mol. The lowest BCUT2D eigenvalue weighted by molar-refractivity contribution is 0.102. The Labute approximate surface area is 117 Å². The Morgan fingerprint density at radius 2 is 2.11 bits per heavy atom. The van der Waals surface area contributed by atoms with Crippen LogP contribution in [0.4, 0.5) is 11.4 Å². The van der Waals surface area contributed by atoms with Crippen LogP contribution in [0, 0.1) is 0 Å². The van der Waals surface area contributed by atoms with Gasteiger partial charge in [-0.3, -0.25) is 4.79 Å². The number of benzene rings is 1. The maximum Gasteiger partial charge on any atom is 0.274 e. The summed E-state index contributed by atoms with van der Waals surface area (Å²) in [5, 5.41) is 3.06. The third kappa shape index (κ3) is 3.00. The molecule has 18 heavy (non-hydrogen) atoms. The van der Waals surface area contributed by atoms with E-state index in [0.29, 0.717) is 22.1 Å². The molecule has 92 valence electrons. The van der Waals surface area contributed by atoms with E-state index in [9.17, 15) is 4.79 Å². The second-order valence-electron chi connectivity index (χ2n) is 3.56. The lowest BCUT2D eigenvalue weighted by Crippen LogP contribution is -2.13. The molecule has 3 N–H and O–H groups in total. The van der Waals surface area contributed by atoms with E-state index >= 15 is 0 Å². The largest absolute Gasteiger partial charge is 0.399 e. The smallest absolute Gasteiger partial charge is 0.274 e. The van der Waals surface area contributed by atoms with Crippen molar-refractivity contribution in [1.82, 2.24) is 4.98 Å². The highest BCUT2D eigenvalue weighted by molar-refractivity contribution is 9.10. The predicted molar refractivity (Wildman–Crippen MR) is 75.8 cm³/mol. The van der Waals surface area contributed by atoms with E-state index in [1.807, 2.05) is 0 Å². The Kier molecular flexibility index (Phi) is 3.84. The minimum absolute atomic E-state index is 0.311. The van der Waals surface area contributed by atoms with Crippen molar-refractivity contribution in [2.45, 2.75) is 0 Å². The van der Waals surface area contributed by atoms with Crippen LogP contribution in [-0.2, 0) is 0 Å². The summed E-state index contributed by atoms with van der Waals surface area (Å²) >= 11 is 9.22.